The number of ether oxygens (including phenoxy) is 3. The number of aliphatic hydroxyl groups is 2. The van der Waals surface area contributed by atoms with Gasteiger partial charge in [-0.15, -0.1) is 0 Å². The molecule has 2 aromatic carbocycles. The fourth-order valence-corrected chi connectivity index (χ4v) is 3.71. The molecule has 0 aliphatic carbocycles. The standard InChI is InChI=1S/C23H24N2O9/c1-32-17-8-5-15(13-18(17)33-2)20-19(21(27)14-3-6-16(7-4-14)25(30)31)22(28)23(29)24(20)9-11-34-12-10-26/h3-8,13,20,26-27H,9-12H2,1-2H3/b21-19+. The lowest BCUT2D eigenvalue weighted by Crippen LogP contribution is -2.33. The number of nitro benzene ring substituents is 1. The number of benzene rings is 2. The maximum atomic E-state index is 13.0. The van der Waals surface area contributed by atoms with E-state index in [1.54, 1.807) is 18.2 Å². The van der Waals surface area contributed by atoms with Crippen LogP contribution in [0.2, 0.25) is 0 Å². The van der Waals surface area contributed by atoms with Crippen LogP contribution in [0.1, 0.15) is 17.2 Å². The molecular weight excluding hydrogens is 448 g/mol. The predicted octanol–water partition coefficient (Wildman–Crippen LogP) is 2.04. The number of nitro groups is 1. The summed E-state index contributed by atoms with van der Waals surface area (Å²) in [6.07, 6.45) is 0. The summed E-state index contributed by atoms with van der Waals surface area (Å²) in [7, 11) is 2.91. The first kappa shape index (κ1) is 24.7. The third kappa shape index (κ3) is 4.85. The second-order valence-corrected chi connectivity index (χ2v) is 7.25. The smallest absolute Gasteiger partial charge is 0.295 e. The van der Waals surface area contributed by atoms with E-state index in [9.17, 15) is 24.8 Å². The third-order valence-electron chi connectivity index (χ3n) is 5.33. The minimum atomic E-state index is -0.979. The summed E-state index contributed by atoms with van der Waals surface area (Å²) in [5, 5.41) is 30.9. The summed E-state index contributed by atoms with van der Waals surface area (Å²) in [6, 6.07) is 8.87. The van der Waals surface area contributed by atoms with Gasteiger partial charge >= 0.3 is 0 Å². The Hall–Kier alpha value is -3.96. The molecule has 11 nitrogen and oxygen atoms in total. The molecule has 1 heterocycles. The van der Waals surface area contributed by atoms with Gasteiger partial charge in [-0.3, -0.25) is 19.7 Å². The van der Waals surface area contributed by atoms with E-state index in [1.807, 2.05) is 0 Å². The van der Waals surface area contributed by atoms with Gasteiger partial charge in [0.2, 0.25) is 0 Å². The van der Waals surface area contributed by atoms with E-state index in [2.05, 4.69) is 0 Å². The van der Waals surface area contributed by atoms with Crippen molar-refractivity contribution >= 4 is 23.1 Å². The van der Waals surface area contributed by atoms with Gasteiger partial charge < -0.3 is 29.3 Å². The van der Waals surface area contributed by atoms with Crippen LogP contribution in [0.4, 0.5) is 5.69 Å². The fourth-order valence-electron chi connectivity index (χ4n) is 3.71. The molecule has 1 atom stereocenters. The number of non-ortho nitro benzene ring substituents is 1. The van der Waals surface area contributed by atoms with Crippen molar-refractivity contribution in [2.24, 2.45) is 0 Å². The SMILES string of the molecule is COc1ccc(C2/C(=C(\O)c3ccc([N+](=O)[O-])cc3)C(=O)C(=O)N2CCOCCO)cc1OC. The van der Waals surface area contributed by atoms with E-state index in [0.29, 0.717) is 17.1 Å². The molecule has 34 heavy (non-hydrogen) atoms. The highest BCUT2D eigenvalue weighted by Crippen LogP contribution is 2.41. The first-order valence-corrected chi connectivity index (χ1v) is 10.3. The van der Waals surface area contributed by atoms with Crippen molar-refractivity contribution in [2.45, 2.75) is 6.04 Å². The molecule has 1 saturated heterocycles. The highest BCUT2D eigenvalue weighted by atomic mass is 16.6. The van der Waals surface area contributed by atoms with Crippen LogP contribution in [0.5, 0.6) is 11.5 Å². The topological polar surface area (TPSA) is 149 Å². The number of nitrogens with zero attached hydrogens (tertiary/aromatic N) is 2. The Bertz CT molecular complexity index is 1110. The summed E-state index contributed by atoms with van der Waals surface area (Å²) in [6.45, 7) is -0.0681. The van der Waals surface area contributed by atoms with Crippen LogP contribution in [0, 0.1) is 10.1 Å². The van der Waals surface area contributed by atoms with Gasteiger partial charge in [0.05, 0.1) is 50.6 Å². The Labute approximate surface area is 194 Å². The molecule has 2 aromatic rings. The number of carbonyl (C=O) groups is 2. The van der Waals surface area contributed by atoms with E-state index < -0.39 is 28.4 Å². The second-order valence-electron chi connectivity index (χ2n) is 7.25. The van der Waals surface area contributed by atoms with Gasteiger partial charge in [-0.05, 0) is 29.8 Å². The Morgan fingerprint density at radius 3 is 2.32 bits per heavy atom. The molecule has 2 N–H and O–H groups in total. The van der Waals surface area contributed by atoms with Crippen LogP contribution < -0.4 is 9.47 Å². The molecular formula is C23H24N2O9. The molecule has 0 saturated carbocycles. The van der Waals surface area contributed by atoms with Crippen LogP contribution in [0.3, 0.4) is 0 Å². The van der Waals surface area contributed by atoms with Crippen molar-refractivity contribution < 1.29 is 38.9 Å². The summed E-state index contributed by atoms with van der Waals surface area (Å²) in [5.41, 5.74) is 0.260. The van der Waals surface area contributed by atoms with Crippen molar-refractivity contribution in [3.63, 3.8) is 0 Å². The normalized spacial score (nSPS) is 17.1. The second kappa shape index (κ2) is 10.8. The zero-order chi connectivity index (χ0) is 24.8. The van der Waals surface area contributed by atoms with Crippen molar-refractivity contribution in [2.75, 3.05) is 40.6 Å². The zero-order valence-electron chi connectivity index (χ0n) is 18.6. The van der Waals surface area contributed by atoms with Crippen LogP contribution in [0.15, 0.2) is 48.0 Å². The maximum Gasteiger partial charge on any atom is 0.295 e. The van der Waals surface area contributed by atoms with Gasteiger partial charge in [0, 0.05) is 24.2 Å². The molecule has 11 heteroatoms. The lowest BCUT2D eigenvalue weighted by atomic mass is 9.95. The lowest BCUT2D eigenvalue weighted by Gasteiger charge is -2.26. The maximum absolute atomic E-state index is 13.0. The van der Waals surface area contributed by atoms with Crippen LogP contribution in [-0.2, 0) is 14.3 Å². The molecule has 3 rings (SSSR count). The van der Waals surface area contributed by atoms with E-state index in [4.69, 9.17) is 19.3 Å². The summed E-state index contributed by atoms with van der Waals surface area (Å²) in [4.78, 5) is 37.5. The summed E-state index contributed by atoms with van der Waals surface area (Å²) >= 11 is 0. The van der Waals surface area contributed by atoms with Gasteiger partial charge in [0.1, 0.15) is 5.76 Å². The van der Waals surface area contributed by atoms with Crippen LogP contribution in [-0.4, -0.2) is 72.3 Å². The summed E-state index contributed by atoms with van der Waals surface area (Å²) < 4.78 is 15.9. The number of rotatable bonds is 10. The largest absolute Gasteiger partial charge is 0.507 e. The van der Waals surface area contributed by atoms with Crippen molar-refractivity contribution in [1.29, 1.82) is 0 Å². The number of hydrogen-bond donors (Lipinski definition) is 2. The third-order valence-corrected chi connectivity index (χ3v) is 5.33. The van der Waals surface area contributed by atoms with Crippen molar-refractivity contribution in [1.82, 2.24) is 4.90 Å². The van der Waals surface area contributed by atoms with E-state index in [-0.39, 0.29) is 43.2 Å². The number of aliphatic hydroxyl groups excluding tert-OH is 2. The van der Waals surface area contributed by atoms with Crippen LogP contribution >= 0.6 is 0 Å². The minimum Gasteiger partial charge on any atom is -0.507 e. The Morgan fingerprint density at radius 2 is 1.74 bits per heavy atom. The number of amides is 1. The van der Waals surface area contributed by atoms with E-state index in [1.165, 1.54) is 43.4 Å². The number of methoxy groups -OCH3 is 2. The first-order chi connectivity index (χ1) is 16.3. The molecule has 1 unspecified atom stereocenters. The van der Waals surface area contributed by atoms with Gasteiger partial charge in [-0.2, -0.15) is 0 Å². The van der Waals surface area contributed by atoms with Gasteiger partial charge in [-0.25, -0.2) is 0 Å². The quantitative estimate of drug-likeness (QED) is 0.132. The number of ketones is 1. The molecule has 1 amide bonds. The molecule has 0 spiro atoms. The van der Waals surface area contributed by atoms with Gasteiger partial charge in [0.15, 0.2) is 11.5 Å². The number of hydrogen-bond acceptors (Lipinski definition) is 9. The van der Waals surface area contributed by atoms with Crippen molar-refractivity contribution in [3.05, 3.63) is 69.3 Å². The molecule has 0 bridgehead atoms. The van der Waals surface area contributed by atoms with E-state index in [0.717, 1.165) is 0 Å². The van der Waals surface area contributed by atoms with Gasteiger partial charge in [0.25, 0.3) is 17.4 Å². The molecule has 0 radical (unpaired) electrons. The first-order valence-electron chi connectivity index (χ1n) is 10.3. The fraction of sp³-hybridized carbons (Fsp3) is 0.304. The van der Waals surface area contributed by atoms with Gasteiger partial charge in [-0.1, -0.05) is 6.07 Å². The monoisotopic (exact) mass is 472 g/mol. The number of Topliss-reactive ketones (excluding diaryl/α,β-unsaturated/α-hetero) is 1. The predicted molar refractivity (Wildman–Crippen MR) is 120 cm³/mol. The average Bonchev–Trinajstić information content (AvgIpc) is 3.10. The zero-order valence-corrected chi connectivity index (χ0v) is 18.6. The lowest BCUT2D eigenvalue weighted by molar-refractivity contribution is -0.384. The Morgan fingerprint density at radius 1 is 1.06 bits per heavy atom. The number of likely N-dealkylation sites (tertiary alicyclic amines) is 1. The highest BCUT2D eigenvalue weighted by molar-refractivity contribution is 6.46. The highest BCUT2D eigenvalue weighted by Gasteiger charge is 2.46. The Kier molecular flexibility index (Phi) is 7.82. The van der Waals surface area contributed by atoms with Crippen LogP contribution in [0.25, 0.3) is 5.76 Å². The summed E-state index contributed by atoms with van der Waals surface area (Å²) in [5.74, 6) is -1.41. The van der Waals surface area contributed by atoms with Crippen molar-refractivity contribution in [3.8, 4) is 11.5 Å². The number of carbonyl (C=O) groups excluding carboxylic acids is 2. The Balaban J connectivity index is 2.11. The molecule has 0 aromatic heterocycles. The molecule has 1 aliphatic heterocycles. The molecule has 1 aliphatic rings. The minimum absolute atomic E-state index is 0.0145. The molecule has 180 valence electrons. The van der Waals surface area contributed by atoms with E-state index >= 15 is 0 Å². The average molecular weight is 472 g/mol. The molecule has 1 fully saturated rings.